The number of nitrogens with one attached hydrogen (secondary N) is 1. The average molecular weight is 736 g/mol. The maximum absolute atomic E-state index is 13.8. The Morgan fingerprint density at radius 3 is 2.32 bits per heavy atom. The molecule has 2 fully saturated rings. The summed E-state index contributed by atoms with van der Waals surface area (Å²) in [5.41, 5.74) is 3.08. The molecular formula is C30H30I2N2O2S. The first-order valence-corrected chi connectivity index (χ1v) is 15.7. The molecule has 4 nitrogen and oxygen atoms in total. The molecule has 0 aromatic heterocycles. The molecular weight excluding hydrogens is 706 g/mol. The molecule has 1 saturated heterocycles. The normalized spacial score (nSPS) is 22.9. The summed E-state index contributed by atoms with van der Waals surface area (Å²) in [4.78, 5) is 16.7. The molecule has 0 bridgehead atoms. The number of halogens is 2. The van der Waals surface area contributed by atoms with Crippen molar-refractivity contribution in [1.29, 1.82) is 0 Å². The number of thioether (sulfide) groups is 1. The Labute approximate surface area is 250 Å². The highest BCUT2D eigenvalue weighted by molar-refractivity contribution is 14.1. The second-order valence-electron chi connectivity index (χ2n) is 9.62. The lowest BCUT2D eigenvalue weighted by atomic mass is 9.85. The van der Waals surface area contributed by atoms with Crippen molar-refractivity contribution in [3.05, 3.63) is 96.0 Å². The van der Waals surface area contributed by atoms with Crippen LogP contribution in [-0.2, 0) is 11.4 Å². The summed E-state index contributed by atoms with van der Waals surface area (Å²) in [7, 11) is 0. The zero-order valence-corrected chi connectivity index (χ0v) is 25.8. The van der Waals surface area contributed by atoms with E-state index in [0.29, 0.717) is 12.5 Å². The van der Waals surface area contributed by atoms with Crippen LogP contribution in [0.5, 0.6) is 5.75 Å². The highest BCUT2D eigenvalue weighted by atomic mass is 127. The molecule has 1 saturated carbocycles. The lowest BCUT2D eigenvalue weighted by Crippen LogP contribution is -2.48. The molecule has 0 spiro atoms. The fraction of sp³-hybridized carbons (Fsp3) is 0.300. The first kappa shape index (κ1) is 26.9. The van der Waals surface area contributed by atoms with Crippen LogP contribution < -0.4 is 10.1 Å². The topological polar surface area (TPSA) is 41.6 Å². The van der Waals surface area contributed by atoms with Gasteiger partial charge in [-0.3, -0.25) is 4.79 Å². The lowest BCUT2D eigenvalue weighted by Gasteiger charge is -2.39. The van der Waals surface area contributed by atoms with Crippen molar-refractivity contribution in [3.8, 4) is 5.75 Å². The van der Waals surface area contributed by atoms with E-state index >= 15 is 0 Å². The number of carbonyl (C=O) groups is 1. The standard InChI is InChI=1S/C30H30I2N2O2S/c1-20-10-8-9-15-26(20)34-29(35)27(37-30(34)33-23-13-6-3-7-14-23)18-22-16-24(31)28(25(32)17-22)36-19-21-11-4-2-5-12-21/h2-7,11-14,16-18,20,26,30,33H,8-10,15,19H2,1H3/b27-18-/t20-,26+,30?/m1/s1. The van der Waals surface area contributed by atoms with Crippen LogP contribution >= 0.6 is 56.9 Å². The van der Waals surface area contributed by atoms with Gasteiger partial charge in [-0.15, -0.1) is 0 Å². The fourth-order valence-corrected chi connectivity index (χ4v) is 8.39. The smallest absolute Gasteiger partial charge is 0.262 e. The zero-order chi connectivity index (χ0) is 25.8. The Hall–Kier alpha value is -1.72. The minimum Gasteiger partial charge on any atom is -0.487 e. The molecule has 1 aliphatic carbocycles. The molecule has 1 unspecified atom stereocenters. The predicted octanol–water partition coefficient (Wildman–Crippen LogP) is 8.37. The van der Waals surface area contributed by atoms with Crippen LogP contribution in [0.1, 0.15) is 43.7 Å². The van der Waals surface area contributed by atoms with Gasteiger partial charge in [0.25, 0.3) is 5.91 Å². The van der Waals surface area contributed by atoms with Gasteiger partial charge in [0, 0.05) is 11.7 Å². The summed E-state index contributed by atoms with van der Waals surface area (Å²) < 4.78 is 8.25. The van der Waals surface area contributed by atoms with E-state index in [2.05, 4.69) is 98.7 Å². The van der Waals surface area contributed by atoms with Crippen LogP contribution in [0.4, 0.5) is 5.69 Å². The van der Waals surface area contributed by atoms with Crippen molar-refractivity contribution >= 4 is 74.6 Å². The second-order valence-corrected chi connectivity index (χ2v) is 13.1. The number of nitrogens with zero attached hydrogens (tertiary/aromatic N) is 1. The van der Waals surface area contributed by atoms with E-state index in [4.69, 9.17) is 4.74 Å². The number of carbonyl (C=O) groups excluding carboxylic acids is 1. The van der Waals surface area contributed by atoms with E-state index in [-0.39, 0.29) is 17.4 Å². The first-order chi connectivity index (χ1) is 18.0. The van der Waals surface area contributed by atoms with Crippen molar-refractivity contribution < 1.29 is 9.53 Å². The van der Waals surface area contributed by atoms with Gasteiger partial charge in [-0.05, 0) is 105 Å². The summed E-state index contributed by atoms with van der Waals surface area (Å²) in [5.74, 6) is 1.52. The van der Waals surface area contributed by atoms with E-state index in [1.165, 1.54) is 19.3 Å². The molecule has 3 atom stereocenters. The maximum Gasteiger partial charge on any atom is 0.262 e. The Morgan fingerprint density at radius 1 is 1.00 bits per heavy atom. The van der Waals surface area contributed by atoms with E-state index in [9.17, 15) is 4.79 Å². The summed E-state index contributed by atoms with van der Waals surface area (Å²) >= 11 is 6.29. The van der Waals surface area contributed by atoms with Crippen molar-refractivity contribution in [2.45, 2.75) is 50.8 Å². The minimum absolute atomic E-state index is 0.113. The fourth-order valence-electron chi connectivity index (χ4n) is 5.05. The van der Waals surface area contributed by atoms with Crippen LogP contribution in [0.3, 0.4) is 0 Å². The third-order valence-electron chi connectivity index (χ3n) is 6.97. The van der Waals surface area contributed by atoms with Crippen LogP contribution in [0, 0.1) is 13.1 Å². The van der Waals surface area contributed by atoms with Crippen molar-refractivity contribution in [2.75, 3.05) is 5.32 Å². The number of para-hydroxylation sites is 1. The van der Waals surface area contributed by atoms with Gasteiger partial charge in [0.05, 0.1) is 12.0 Å². The van der Waals surface area contributed by atoms with Gasteiger partial charge in [0.2, 0.25) is 0 Å². The van der Waals surface area contributed by atoms with Gasteiger partial charge in [-0.1, -0.05) is 80.1 Å². The molecule has 37 heavy (non-hydrogen) atoms. The summed E-state index contributed by atoms with van der Waals surface area (Å²) in [5, 5.41) is 3.62. The van der Waals surface area contributed by atoms with Gasteiger partial charge in [0.15, 0.2) is 5.50 Å². The Morgan fingerprint density at radius 2 is 1.65 bits per heavy atom. The molecule has 1 aliphatic heterocycles. The summed E-state index contributed by atoms with van der Waals surface area (Å²) in [6, 6.07) is 24.9. The third kappa shape index (κ3) is 6.47. The average Bonchev–Trinajstić information content (AvgIpc) is 3.19. The van der Waals surface area contributed by atoms with Crippen LogP contribution in [0.25, 0.3) is 6.08 Å². The minimum atomic E-state index is -0.113. The molecule has 5 rings (SSSR count). The first-order valence-electron chi connectivity index (χ1n) is 12.7. The molecule has 0 radical (unpaired) electrons. The predicted molar refractivity (Wildman–Crippen MR) is 170 cm³/mol. The third-order valence-corrected chi connectivity index (χ3v) is 9.69. The van der Waals surface area contributed by atoms with Gasteiger partial charge in [0.1, 0.15) is 12.4 Å². The molecule has 1 N–H and O–H groups in total. The van der Waals surface area contributed by atoms with Crippen molar-refractivity contribution in [1.82, 2.24) is 4.90 Å². The Bertz CT molecular complexity index is 1250. The summed E-state index contributed by atoms with van der Waals surface area (Å²) in [6.45, 7) is 2.82. The quantitative estimate of drug-likeness (QED) is 0.196. The largest absolute Gasteiger partial charge is 0.487 e. The second kappa shape index (κ2) is 12.4. The van der Waals surface area contributed by atoms with Gasteiger partial charge in [-0.2, -0.15) is 0 Å². The van der Waals surface area contributed by atoms with E-state index in [1.807, 2.05) is 42.5 Å². The molecule has 192 valence electrons. The number of benzene rings is 3. The van der Waals surface area contributed by atoms with Crippen LogP contribution in [0.2, 0.25) is 0 Å². The van der Waals surface area contributed by atoms with E-state index in [1.54, 1.807) is 11.8 Å². The molecule has 1 amide bonds. The highest BCUT2D eigenvalue weighted by Crippen LogP contribution is 2.42. The number of ether oxygens (including phenoxy) is 1. The number of amides is 1. The Balaban J connectivity index is 1.39. The maximum atomic E-state index is 13.8. The highest BCUT2D eigenvalue weighted by Gasteiger charge is 2.42. The van der Waals surface area contributed by atoms with Crippen molar-refractivity contribution in [3.63, 3.8) is 0 Å². The number of hydrogen-bond donors (Lipinski definition) is 1. The van der Waals surface area contributed by atoms with E-state index in [0.717, 1.165) is 41.0 Å². The van der Waals surface area contributed by atoms with Crippen molar-refractivity contribution in [2.24, 2.45) is 5.92 Å². The Kier molecular flexibility index (Phi) is 9.02. The molecule has 7 heteroatoms. The van der Waals surface area contributed by atoms with E-state index < -0.39 is 0 Å². The SMILES string of the molecule is C[C@@H]1CCCC[C@@H]1N1C(=O)/C(=C/c2cc(I)c(OCc3ccccc3)c(I)c2)SC1Nc1ccccc1. The molecule has 1 heterocycles. The zero-order valence-electron chi connectivity index (χ0n) is 20.7. The summed E-state index contributed by atoms with van der Waals surface area (Å²) in [6.07, 6.45) is 6.72. The molecule has 3 aromatic rings. The van der Waals surface area contributed by atoms with Gasteiger partial charge < -0.3 is 15.0 Å². The lowest BCUT2D eigenvalue weighted by molar-refractivity contribution is -0.129. The molecule has 3 aromatic carbocycles. The number of anilines is 1. The van der Waals surface area contributed by atoms with Gasteiger partial charge in [-0.25, -0.2) is 0 Å². The van der Waals surface area contributed by atoms with Crippen LogP contribution in [0.15, 0.2) is 77.7 Å². The number of hydrogen-bond acceptors (Lipinski definition) is 4. The van der Waals surface area contributed by atoms with Crippen LogP contribution in [-0.4, -0.2) is 22.3 Å². The number of rotatable bonds is 7. The molecule has 2 aliphatic rings. The monoisotopic (exact) mass is 736 g/mol. The van der Waals surface area contributed by atoms with Gasteiger partial charge >= 0.3 is 0 Å².